The molecule has 1 unspecified atom stereocenters. The quantitative estimate of drug-likeness (QED) is 0.517. The van der Waals surface area contributed by atoms with Crippen molar-refractivity contribution in [1.29, 1.82) is 0 Å². The van der Waals surface area contributed by atoms with Gasteiger partial charge in [0.05, 0.1) is 17.3 Å². The molecule has 0 saturated carbocycles. The molecule has 140 valence electrons. The van der Waals surface area contributed by atoms with E-state index >= 15 is 0 Å². The van der Waals surface area contributed by atoms with Gasteiger partial charge in [0.15, 0.2) is 0 Å². The van der Waals surface area contributed by atoms with E-state index in [1.54, 1.807) is 12.4 Å². The molecule has 4 heteroatoms. The summed E-state index contributed by atoms with van der Waals surface area (Å²) in [4.78, 5) is 9.00. The smallest absolute Gasteiger partial charge is 0.234 e. The van der Waals surface area contributed by atoms with Crippen molar-refractivity contribution in [2.75, 3.05) is 6.61 Å². The SMILES string of the molecule is CCCCCOC1CC=C(c2cc3ccccc3n2-c2ncccn2)CC1. The van der Waals surface area contributed by atoms with Crippen LogP contribution in [-0.2, 0) is 4.74 Å². The van der Waals surface area contributed by atoms with E-state index in [4.69, 9.17) is 4.74 Å². The molecule has 0 fully saturated rings. The summed E-state index contributed by atoms with van der Waals surface area (Å²) >= 11 is 0. The first-order valence-electron chi connectivity index (χ1n) is 10.1. The van der Waals surface area contributed by atoms with E-state index in [1.807, 2.05) is 6.07 Å². The first-order chi connectivity index (χ1) is 13.4. The number of nitrogens with zero attached hydrogens (tertiary/aromatic N) is 3. The Labute approximate surface area is 160 Å². The molecule has 1 aliphatic carbocycles. The molecule has 0 saturated heterocycles. The summed E-state index contributed by atoms with van der Waals surface area (Å²) in [6.45, 7) is 3.12. The molecular formula is C23H27N3O. The van der Waals surface area contributed by atoms with Crippen LogP contribution in [0.25, 0.3) is 22.4 Å². The van der Waals surface area contributed by atoms with Crippen molar-refractivity contribution >= 4 is 16.5 Å². The van der Waals surface area contributed by atoms with Crippen molar-refractivity contribution in [3.05, 3.63) is 60.6 Å². The van der Waals surface area contributed by atoms with Crippen molar-refractivity contribution in [1.82, 2.24) is 14.5 Å². The molecule has 0 aliphatic heterocycles. The Morgan fingerprint density at radius 1 is 1.11 bits per heavy atom. The van der Waals surface area contributed by atoms with Crippen LogP contribution in [0.3, 0.4) is 0 Å². The van der Waals surface area contributed by atoms with E-state index < -0.39 is 0 Å². The van der Waals surface area contributed by atoms with Crippen LogP contribution in [0.1, 0.15) is 51.1 Å². The fourth-order valence-electron chi connectivity index (χ4n) is 3.81. The van der Waals surface area contributed by atoms with E-state index in [1.165, 1.54) is 35.9 Å². The van der Waals surface area contributed by atoms with Gasteiger partial charge in [-0.2, -0.15) is 0 Å². The van der Waals surface area contributed by atoms with Gasteiger partial charge in [0.1, 0.15) is 0 Å². The molecule has 2 heterocycles. The molecule has 1 atom stereocenters. The van der Waals surface area contributed by atoms with Crippen LogP contribution in [-0.4, -0.2) is 27.2 Å². The zero-order chi connectivity index (χ0) is 18.5. The largest absolute Gasteiger partial charge is 0.378 e. The lowest BCUT2D eigenvalue weighted by Crippen LogP contribution is -2.17. The number of aromatic nitrogens is 3. The molecule has 1 aliphatic rings. The van der Waals surface area contributed by atoms with Crippen LogP contribution in [0.5, 0.6) is 0 Å². The van der Waals surface area contributed by atoms with E-state index in [0.29, 0.717) is 6.10 Å². The average molecular weight is 361 g/mol. The number of hydrogen-bond acceptors (Lipinski definition) is 3. The lowest BCUT2D eigenvalue weighted by Gasteiger charge is -2.23. The molecule has 2 aromatic heterocycles. The molecule has 1 aromatic carbocycles. The molecule has 0 N–H and O–H groups in total. The van der Waals surface area contributed by atoms with E-state index in [0.717, 1.165) is 37.3 Å². The summed E-state index contributed by atoms with van der Waals surface area (Å²) in [6.07, 6.45) is 13.1. The van der Waals surface area contributed by atoms with Gasteiger partial charge in [-0.15, -0.1) is 0 Å². The minimum atomic E-state index is 0.358. The van der Waals surface area contributed by atoms with Crippen LogP contribution in [0, 0.1) is 0 Å². The summed E-state index contributed by atoms with van der Waals surface area (Å²) in [5.74, 6) is 0.729. The van der Waals surface area contributed by atoms with Gasteiger partial charge in [0.2, 0.25) is 5.95 Å². The van der Waals surface area contributed by atoms with Gasteiger partial charge >= 0.3 is 0 Å². The lowest BCUT2D eigenvalue weighted by atomic mass is 9.95. The van der Waals surface area contributed by atoms with Crippen molar-refractivity contribution in [2.24, 2.45) is 0 Å². The maximum absolute atomic E-state index is 6.07. The highest BCUT2D eigenvalue weighted by molar-refractivity contribution is 5.87. The highest BCUT2D eigenvalue weighted by Crippen LogP contribution is 2.33. The third-order valence-corrected chi connectivity index (χ3v) is 5.26. The zero-order valence-corrected chi connectivity index (χ0v) is 16.0. The number of fused-ring (bicyclic) bond motifs is 1. The topological polar surface area (TPSA) is 39.9 Å². The van der Waals surface area contributed by atoms with Gasteiger partial charge < -0.3 is 4.74 Å². The maximum atomic E-state index is 6.07. The number of benzene rings is 1. The Kier molecular flexibility index (Phi) is 5.64. The normalized spacial score (nSPS) is 17.2. The van der Waals surface area contributed by atoms with Gasteiger partial charge in [-0.25, -0.2) is 9.97 Å². The summed E-state index contributed by atoms with van der Waals surface area (Å²) in [5.41, 5.74) is 3.72. The Balaban J connectivity index is 1.60. The molecule has 4 nitrogen and oxygen atoms in total. The molecule has 0 bridgehead atoms. The van der Waals surface area contributed by atoms with Gasteiger partial charge in [-0.3, -0.25) is 4.57 Å². The first-order valence-corrected chi connectivity index (χ1v) is 10.1. The van der Waals surface area contributed by atoms with E-state index in [9.17, 15) is 0 Å². The second-order valence-corrected chi connectivity index (χ2v) is 7.18. The zero-order valence-electron chi connectivity index (χ0n) is 16.0. The molecule has 3 aromatic rings. The number of ether oxygens (including phenoxy) is 1. The lowest BCUT2D eigenvalue weighted by molar-refractivity contribution is 0.0460. The Hall–Kier alpha value is -2.46. The predicted octanol–water partition coefficient (Wildman–Crippen LogP) is 5.56. The Morgan fingerprint density at radius 2 is 1.96 bits per heavy atom. The van der Waals surface area contributed by atoms with Crippen LogP contribution >= 0.6 is 0 Å². The van der Waals surface area contributed by atoms with Crippen molar-refractivity contribution < 1.29 is 4.74 Å². The Morgan fingerprint density at radius 3 is 2.74 bits per heavy atom. The predicted molar refractivity (Wildman–Crippen MR) is 110 cm³/mol. The van der Waals surface area contributed by atoms with E-state index in [-0.39, 0.29) is 0 Å². The maximum Gasteiger partial charge on any atom is 0.234 e. The van der Waals surface area contributed by atoms with Gasteiger partial charge in [0.25, 0.3) is 0 Å². The fraction of sp³-hybridized carbons (Fsp3) is 0.391. The summed E-state index contributed by atoms with van der Waals surface area (Å²) in [6, 6.07) is 12.6. The van der Waals surface area contributed by atoms with Crippen molar-refractivity contribution in [2.45, 2.75) is 51.6 Å². The number of allylic oxidation sites excluding steroid dienone is 1. The second-order valence-electron chi connectivity index (χ2n) is 7.18. The van der Waals surface area contributed by atoms with Gasteiger partial charge in [-0.05, 0) is 49.5 Å². The minimum absolute atomic E-state index is 0.358. The summed E-state index contributed by atoms with van der Waals surface area (Å²) in [7, 11) is 0. The van der Waals surface area contributed by atoms with Crippen LogP contribution in [0.2, 0.25) is 0 Å². The first kappa shape index (κ1) is 17.9. The standard InChI is InChI=1S/C23H27N3O/c1-2-3-6-16-27-20-12-10-18(11-13-20)22-17-19-8-4-5-9-21(19)26(22)23-24-14-7-15-25-23/h4-5,7-10,14-15,17,20H,2-3,6,11-13,16H2,1H3. The number of rotatable bonds is 7. The number of para-hydroxylation sites is 1. The number of hydrogen-bond donors (Lipinski definition) is 0. The van der Waals surface area contributed by atoms with Gasteiger partial charge in [0, 0.05) is 24.4 Å². The number of unbranched alkanes of at least 4 members (excludes halogenated alkanes) is 2. The molecule has 0 spiro atoms. The third kappa shape index (κ3) is 3.96. The molecular weight excluding hydrogens is 334 g/mol. The Bertz CT molecular complexity index is 914. The van der Waals surface area contributed by atoms with Crippen molar-refractivity contribution in [3.63, 3.8) is 0 Å². The van der Waals surface area contributed by atoms with Gasteiger partial charge in [-0.1, -0.05) is 44.0 Å². The minimum Gasteiger partial charge on any atom is -0.378 e. The van der Waals surface area contributed by atoms with E-state index in [2.05, 4.69) is 57.9 Å². The summed E-state index contributed by atoms with van der Waals surface area (Å²) < 4.78 is 8.25. The van der Waals surface area contributed by atoms with Crippen molar-refractivity contribution in [3.8, 4) is 5.95 Å². The van der Waals surface area contributed by atoms with Crippen LogP contribution in [0.4, 0.5) is 0 Å². The monoisotopic (exact) mass is 361 g/mol. The average Bonchev–Trinajstić information content (AvgIpc) is 3.12. The summed E-state index contributed by atoms with van der Waals surface area (Å²) in [5, 5.41) is 1.22. The van der Waals surface area contributed by atoms with Crippen LogP contribution < -0.4 is 0 Å². The molecule has 0 radical (unpaired) electrons. The molecule has 4 rings (SSSR count). The second kappa shape index (κ2) is 8.49. The molecule has 0 amide bonds. The highest BCUT2D eigenvalue weighted by atomic mass is 16.5. The highest BCUT2D eigenvalue weighted by Gasteiger charge is 2.20. The fourth-order valence-corrected chi connectivity index (χ4v) is 3.81. The third-order valence-electron chi connectivity index (χ3n) is 5.26. The molecule has 27 heavy (non-hydrogen) atoms. The van der Waals surface area contributed by atoms with Crippen LogP contribution in [0.15, 0.2) is 54.9 Å².